The minimum absolute atomic E-state index is 0.0975. The molecule has 0 aliphatic carbocycles. The first-order chi connectivity index (χ1) is 28.9. The van der Waals surface area contributed by atoms with Crippen LogP contribution in [-0.4, -0.2) is 196 Å². The third kappa shape index (κ3) is 8.89. The third-order valence-corrected chi connectivity index (χ3v) is 11.0. The molecule has 0 radical (unpaired) electrons. The van der Waals surface area contributed by atoms with Crippen molar-refractivity contribution in [1.82, 2.24) is 0 Å². The second-order valence-corrected chi connectivity index (χ2v) is 15.3. The Morgan fingerprint density at radius 3 is 1.97 bits per heavy atom. The van der Waals surface area contributed by atoms with Crippen LogP contribution in [-0.2, 0) is 33.2 Å². The molecule has 4 aliphatic rings. The quantitative estimate of drug-likeness (QED) is 0.0921. The average molecular weight is 873 g/mol. The summed E-state index contributed by atoms with van der Waals surface area (Å²) in [5, 5.41) is 137. The third-order valence-electron chi connectivity index (χ3n) is 11.0. The van der Waals surface area contributed by atoms with Gasteiger partial charge in [-0.25, -0.2) is 0 Å². The molecule has 61 heavy (non-hydrogen) atoms. The molecule has 1 aromatic heterocycles. The molecule has 7 rings (SSSR count). The Labute approximate surface area is 344 Å². The van der Waals surface area contributed by atoms with E-state index in [2.05, 4.69) is 0 Å². The number of phenols is 3. The lowest BCUT2D eigenvalue weighted by atomic mass is 9.97. The topological polar surface area (TPSA) is 367 Å². The van der Waals surface area contributed by atoms with Gasteiger partial charge >= 0.3 is 0 Å². The Morgan fingerprint density at radius 2 is 1.26 bits per heavy atom. The predicted octanol–water partition coefficient (Wildman–Crippen LogP) is -4.08. The number of hydrogen-bond donors (Lipinski definition) is 13. The first kappa shape index (κ1) is 45.2. The van der Waals surface area contributed by atoms with Gasteiger partial charge in [-0.1, -0.05) is 0 Å². The second-order valence-electron chi connectivity index (χ2n) is 15.3. The summed E-state index contributed by atoms with van der Waals surface area (Å²) in [7, 11) is 0. The van der Waals surface area contributed by atoms with Gasteiger partial charge in [-0.15, -0.1) is 0 Å². The largest absolute Gasteiger partial charge is 0.508 e. The number of phenolic OH excluding ortho intramolecular Hbond substituents is 3. The number of rotatable bonds is 10. The molecule has 0 saturated carbocycles. The summed E-state index contributed by atoms with van der Waals surface area (Å²) in [4.78, 5) is 14.2. The van der Waals surface area contributed by atoms with Crippen molar-refractivity contribution >= 4 is 11.0 Å². The molecule has 4 fully saturated rings. The molecule has 2 aromatic carbocycles. The number of fused-ring (bicyclic) bond motifs is 1. The highest BCUT2D eigenvalue weighted by atomic mass is 16.8. The Kier molecular flexibility index (Phi) is 13.4. The smallest absolute Gasteiger partial charge is 0.239 e. The van der Waals surface area contributed by atoms with Crippen LogP contribution >= 0.6 is 0 Å². The van der Waals surface area contributed by atoms with Gasteiger partial charge in [0.2, 0.25) is 17.5 Å². The molecule has 3 aromatic rings. The Balaban J connectivity index is 1.24. The number of benzene rings is 2. The van der Waals surface area contributed by atoms with Crippen molar-refractivity contribution in [2.24, 2.45) is 0 Å². The standard InChI is InChI=1S/C38H48O23/c1-11-21(43)26(48)29(51)35(55-11)54-10-19-24(46)27(49)34(61-37-30(52)32(22(44)12(2)56-37)59-36-28(50)23(45)17(42)9-53-36)38(58-19)60-33-25(47)20-16(41)7-15(40)8-18(20)57-31(33)13-3-5-14(39)6-4-13/h3-8,11-12,17,19,21-24,26-30,32,34-46,48-52H,9-10H2,1-2H3. The molecule has 338 valence electrons. The molecular formula is C38H48O23. The van der Waals surface area contributed by atoms with E-state index in [1.54, 1.807) is 0 Å². The van der Waals surface area contributed by atoms with Gasteiger partial charge in [0.25, 0.3) is 0 Å². The van der Waals surface area contributed by atoms with E-state index in [9.17, 15) is 71.2 Å². The fourth-order valence-electron chi connectivity index (χ4n) is 7.40. The fraction of sp³-hybridized carbons (Fsp3) is 0.605. The highest BCUT2D eigenvalue weighted by molar-refractivity contribution is 5.88. The lowest BCUT2D eigenvalue weighted by molar-refractivity contribution is -0.375. The lowest BCUT2D eigenvalue weighted by Crippen LogP contribution is -2.66. The average Bonchev–Trinajstić information content (AvgIpc) is 3.22. The predicted molar refractivity (Wildman–Crippen MR) is 196 cm³/mol. The van der Waals surface area contributed by atoms with Crippen LogP contribution < -0.4 is 10.2 Å². The molecule has 0 spiro atoms. The highest BCUT2D eigenvalue weighted by Crippen LogP contribution is 2.39. The summed E-state index contributed by atoms with van der Waals surface area (Å²) in [5.74, 6) is -2.46. The van der Waals surface area contributed by atoms with Gasteiger partial charge in [0, 0.05) is 17.7 Å². The number of aliphatic hydroxyl groups excluding tert-OH is 10. The van der Waals surface area contributed by atoms with Gasteiger partial charge in [0.15, 0.2) is 30.7 Å². The van der Waals surface area contributed by atoms with E-state index in [-0.39, 0.29) is 22.7 Å². The van der Waals surface area contributed by atoms with E-state index >= 15 is 0 Å². The normalized spacial score (nSPS) is 40.8. The molecule has 5 heterocycles. The van der Waals surface area contributed by atoms with Crippen LogP contribution in [0.25, 0.3) is 22.3 Å². The van der Waals surface area contributed by atoms with Gasteiger partial charge in [-0.05, 0) is 38.1 Å². The van der Waals surface area contributed by atoms with Crippen LogP contribution in [0.3, 0.4) is 0 Å². The van der Waals surface area contributed by atoms with Crippen LogP contribution in [0.4, 0.5) is 0 Å². The van der Waals surface area contributed by atoms with E-state index < -0.39 is 158 Å². The van der Waals surface area contributed by atoms with Gasteiger partial charge in [0.05, 0.1) is 25.4 Å². The fourth-order valence-corrected chi connectivity index (χ4v) is 7.40. The summed E-state index contributed by atoms with van der Waals surface area (Å²) < 4.78 is 51.9. The van der Waals surface area contributed by atoms with Gasteiger partial charge in [0.1, 0.15) is 101 Å². The van der Waals surface area contributed by atoms with Gasteiger partial charge < -0.3 is 109 Å². The van der Waals surface area contributed by atoms with Crippen LogP contribution in [0.15, 0.2) is 45.6 Å². The van der Waals surface area contributed by atoms with Crippen LogP contribution in [0.5, 0.6) is 23.0 Å². The Morgan fingerprint density at radius 1 is 0.623 bits per heavy atom. The van der Waals surface area contributed by atoms with Crippen molar-refractivity contribution in [3.8, 4) is 34.3 Å². The van der Waals surface area contributed by atoms with E-state index in [1.165, 1.54) is 38.1 Å². The van der Waals surface area contributed by atoms with Crippen LogP contribution in [0.2, 0.25) is 0 Å². The Hall–Kier alpha value is -3.83. The number of aromatic hydroxyl groups is 3. The summed E-state index contributed by atoms with van der Waals surface area (Å²) in [6.45, 7) is 1.54. The van der Waals surface area contributed by atoms with E-state index in [1.807, 2.05) is 0 Å². The maximum Gasteiger partial charge on any atom is 0.239 e. The van der Waals surface area contributed by atoms with Crippen molar-refractivity contribution in [3.05, 3.63) is 46.6 Å². The zero-order valence-corrected chi connectivity index (χ0v) is 32.2. The second kappa shape index (κ2) is 18.1. The van der Waals surface area contributed by atoms with E-state index in [4.69, 9.17) is 42.3 Å². The molecule has 23 heteroatoms. The minimum Gasteiger partial charge on any atom is -0.508 e. The molecule has 19 atom stereocenters. The van der Waals surface area contributed by atoms with Crippen molar-refractivity contribution in [1.29, 1.82) is 0 Å². The zero-order valence-electron chi connectivity index (χ0n) is 32.2. The first-order valence-electron chi connectivity index (χ1n) is 19.2. The monoisotopic (exact) mass is 872 g/mol. The first-order valence-corrected chi connectivity index (χ1v) is 19.2. The van der Waals surface area contributed by atoms with Crippen molar-refractivity contribution in [2.45, 2.75) is 131 Å². The summed E-state index contributed by atoms with van der Waals surface area (Å²) in [6.07, 6.45) is -32.4. The summed E-state index contributed by atoms with van der Waals surface area (Å²) in [6, 6.07) is 7.04. The molecule has 0 amide bonds. The minimum atomic E-state index is -2.09. The number of hydrogen-bond acceptors (Lipinski definition) is 23. The molecule has 23 nitrogen and oxygen atoms in total. The molecule has 4 saturated heterocycles. The summed E-state index contributed by atoms with van der Waals surface area (Å²) >= 11 is 0. The zero-order chi connectivity index (χ0) is 44.2. The van der Waals surface area contributed by atoms with Crippen molar-refractivity contribution < 1.29 is 109 Å². The van der Waals surface area contributed by atoms with Crippen molar-refractivity contribution in [3.63, 3.8) is 0 Å². The maximum absolute atomic E-state index is 14.2. The Bertz CT molecular complexity index is 2030. The molecule has 13 N–H and O–H groups in total. The van der Waals surface area contributed by atoms with E-state index in [0.29, 0.717) is 0 Å². The molecule has 4 aliphatic heterocycles. The van der Waals surface area contributed by atoms with E-state index in [0.717, 1.165) is 12.1 Å². The highest BCUT2D eigenvalue weighted by Gasteiger charge is 2.54. The number of aliphatic hydroxyl groups is 10. The maximum atomic E-state index is 14.2. The lowest BCUT2D eigenvalue weighted by Gasteiger charge is -2.47. The van der Waals surface area contributed by atoms with Crippen LogP contribution in [0, 0.1) is 0 Å². The SMILES string of the molecule is CC1OC(OCC2OC(Oc3c(-c4ccc(O)cc4)oc4cc(O)cc(O)c4c3=O)C(OC3OC(C)C(O)C(OC4OCC(O)C(O)C4O)C3O)C(O)C2O)C(O)C(O)C1O. The van der Waals surface area contributed by atoms with Gasteiger partial charge in [-0.3, -0.25) is 4.79 Å². The molecular weight excluding hydrogens is 824 g/mol. The van der Waals surface area contributed by atoms with Crippen molar-refractivity contribution in [2.75, 3.05) is 13.2 Å². The molecule has 19 unspecified atom stereocenters. The summed E-state index contributed by atoms with van der Waals surface area (Å²) in [5.41, 5.74) is -1.27. The number of ether oxygens (including phenoxy) is 8. The van der Waals surface area contributed by atoms with Gasteiger partial charge in [-0.2, -0.15) is 0 Å². The van der Waals surface area contributed by atoms with Crippen LogP contribution in [0.1, 0.15) is 13.8 Å². The molecule has 0 bridgehead atoms.